The van der Waals surface area contributed by atoms with Crippen LogP contribution in [0, 0.1) is 6.92 Å². The number of fused-ring (bicyclic) bond motifs is 1. The summed E-state index contributed by atoms with van der Waals surface area (Å²) < 4.78 is 5.39. The van der Waals surface area contributed by atoms with E-state index in [2.05, 4.69) is 15.3 Å². The first-order valence-corrected chi connectivity index (χ1v) is 9.06. The maximum atomic E-state index is 11.1. The Morgan fingerprint density at radius 1 is 1.00 bits per heavy atom. The summed E-state index contributed by atoms with van der Waals surface area (Å²) in [6, 6.07) is 20.9. The minimum Gasteiger partial charge on any atom is -0.505 e. The van der Waals surface area contributed by atoms with Gasteiger partial charge in [0.15, 0.2) is 0 Å². The van der Waals surface area contributed by atoms with Gasteiger partial charge in [-0.1, -0.05) is 36.4 Å². The molecular weight excluding hydrogens is 350 g/mol. The zero-order chi connectivity index (χ0) is 19.5. The fourth-order valence-corrected chi connectivity index (χ4v) is 3.28. The van der Waals surface area contributed by atoms with E-state index in [9.17, 15) is 5.11 Å². The first kappa shape index (κ1) is 17.8. The van der Waals surface area contributed by atoms with E-state index < -0.39 is 0 Å². The molecule has 0 unspecified atom stereocenters. The lowest BCUT2D eigenvalue weighted by Gasteiger charge is -2.22. The number of aromatic hydroxyl groups is 1. The van der Waals surface area contributed by atoms with Crippen molar-refractivity contribution in [2.75, 3.05) is 12.4 Å². The van der Waals surface area contributed by atoms with Gasteiger partial charge in [-0.3, -0.25) is 0 Å². The minimum atomic E-state index is -0.322. The lowest BCUT2D eigenvalue weighted by molar-refractivity contribution is 0.414. The van der Waals surface area contributed by atoms with Gasteiger partial charge in [0.25, 0.3) is 0 Å². The molecule has 0 amide bonds. The van der Waals surface area contributed by atoms with Crippen LogP contribution in [0.15, 0.2) is 72.9 Å². The number of aryl methyl sites for hydroxylation is 1. The molecular formula is C23H21N3O2. The van der Waals surface area contributed by atoms with Gasteiger partial charge in [-0.15, -0.1) is 0 Å². The average molecular weight is 371 g/mol. The third-order valence-electron chi connectivity index (χ3n) is 4.70. The van der Waals surface area contributed by atoms with Crippen LogP contribution in [0.3, 0.4) is 0 Å². The van der Waals surface area contributed by atoms with Gasteiger partial charge in [0.05, 0.1) is 13.2 Å². The molecule has 0 saturated carbocycles. The molecule has 140 valence electrons. The van der Waals surface area contributed by atoms with E-state index >= 15 is 0 Å². The number of nitrogens with zero attached hydrogens (tertiary/aromatic N) is 2. The molecule has 0 fully saturated rings. The highest BCUT2D eigenvalue weighted by molar-refractivity contribution is 5.86. The first-order valence-electron chi connectivity index (χ1n) is 9.06. The first-order chi connectivity index (χ1) is 13.7. The van der Waals surface area contributed by atoms with Crippen LogP contribution in [-0.4, -0.2) is 22.2 Å². The van der Waals surface area contributed by atoms with E-state index in [1.807, 2.05) is 73.7 Å². The van der Waals surface area contributed by atoms with Gasteiger partial charge in [0.2, 0.25) is 0 Å². The number of hydrogen-bond acceptors (Lipinski definition) is 5. The third-order valence-corrected chi connectivity index (χ3v) is 4.70. The van der Waals surface area contributed by atoms with Crippen LogP contribution in [0.5, 0.6) is 11.5 Å². The van der Waals surface area contributed by atoms with Gasteiger partial charge in [0, 0.05) is 22.8 Å². The predicted octanol–water partition coefficient (Wildman–Crippen LogP) is 4.85. The third kappa shape index (κ3) is 3.47. The molecule has 2 aromatic heterocycles. The largest absolute Gasteiger partial charge is 0.505 e. The second kappa shape index (κ2) is 7.56. The molecule has 2 aromatic carbocycles. The maximum Gasteiger partial charge on any atom is 0.147 e. The van der Waals surface area contributed by atoms with Crippen molar-refractivity contribution in [1.29, 1.82) is 0 Å². The SMILES string of the molecule is COc1cccc([C@@H](Nc2ccccn2)c2ccc3ccc(C)nc3c2O)c1. The number of methoxy groups -OCH3 is 1. The van der Waals surface area contributed by atoms with E-state index in [0.29, 0.717) is 11.3 Å². The Kier molecular flexibility index (Phi) is 4.81. The lowest BCUT2D eigenvalue weighted by Crippen LogP contribution is -2.14. The number of nitrogens with one attached hydrogen (secondary N) is 1. The van der Waals surface area contributed by atoms with Crippen molar-refractivity contribution in [1.82, 2.24) is 9.97 Å². The Morgan fingerprint density at radius 2 is 1.86 bits per heavy atom. The summed E-state index contributed by atoms with van der Waals surface area (Å²) >= 11 is 0. The van der Waals surface area contributed by atoms with Crippen LogP contribution in [0.1, 0.15) is 22.9 Å². The molecule has 0 aliphatic carbocycles. The van der Waals surface area contributed by atoms with E-state index in [1.165, 1.54) is 0 Å². The number of benzene rings is 2. The zero-order valence-corrected chi connectivity index (χ0v) is 15.8. The van der Waals surface area contributed by atoms with Crippen LogP contribution in [0.2, 0.25) is 0 Å². The molecule has 2 heterocycles. The van der Waals surface area contributed by atoms with Gasteiger partial charge in [-0.05, 0) is 42.8 Å². The standard InChI is InChI=1S/C23H21N3O2/c1-15-9-10-16-11-12-19(23(27)22(16)25-15)21(26-20-8-3-4-13-24-20)17-6-5-7-18(14-17)28-2/h3-14,21,27H,1-2H3,(H,24,26)/t21-/m1/s1. The van der Waals surface area contributed by atoms with E-state index in [4.69, 9.17) is 4.74 Å². The number of pyridine rings is 2. The van der Waals surface area contributed by atoms with Crippen molar-refractivity contribution in [3.63, 3.8) is 0 Å². The molecule has 1 atom stereocenters. The number of aromatic nitrogens is 2. The monoisotopic (exact) mass is 371 g/mol. The number of phenols is 1. The van der Waals surface area contributed by atoms with Crippen molar-refractivity contribution < 1.29 is 9.84 Å². The highest BCUT2D eigenvalue weighted by atomic mass is 16.5. The van der Waals surface area contributed by atoms with Gasteiger partial charge < -0.3 is 15.2 Å². The average Bonchev–Trinajstić information content (AvgIpc) is 2.74. The Morgan fingerprint density at radius 3 is 2.64 bits per heavy atom. The molecule has 0 radical (unpaired) electrons. The Labute approximate surface area is 163 Å². The summed E-state index contributed by atoms with van der Waals surface area (Å²) in [4.78, 5) is 8.91. The van der Waals surface area contributed by atoms with Crippen LogP contribution >= 0.6 is 0 Å². The predicted molar refractivity (Wildman–Crippen MR) is 111 cm³/mol. The van der Waals surface area contributed by atoms with Crippen LogP contribution < -0.4 is 10.1 Å². The van der Waals surface area contributed by atoms with E-state index in [0.717, 1.165) is 28.0 Å². The van der Waals surface area contributed by atoms with Crippen molar-refractivity contribution in [3.8, 4) is 11.5 Å². The quantitative estimate of drug-likeness (QED) is 0.525. The molecule has 4 rings (SSSR count). The summed E-state index contributed by atoms with van der Waals surface area (Å²) in [5.41, 5.74) is 3.13. The maximum absolute atomic E-state index is 11.1. The molecule has 4 aromatic rings. The topological polar surface area (TPSA) is 67.3 Å². The molecule has 0 aliphatic rings. The number of ether oxygens (including phenoxy) is 1. The van der Waals surface area contributed by atoms with Gasteiger partial charge >= 0.3 is 0 Å². The molecule has 0 spiro atoms. The summed E-state index contributed by atoms with van der Waals surface area (Å²) in [5.74, 6) is 1.63. The van der Waals surface area contributed by atoms with Crippen molar-refractivity contribution in [2.45, 2.75) is 13.0 Å². The van der Waals surface area contributed by atoms with Crippen LogP contribution in [-0.2, 0) is 0 Å². The summed E-state index contributed by atoms with van der Waals surface area (Å²) in [7, 11) is 1.64. The minimum absolute atomic E-state index is 0.164. The Bertz CT molecular complexity index is 1110. The molecule has 0 aliphatic heterocycles. The molecule has 0 bridgehead atoms. The van der Waals surface area contributed by atoms with Gasteiger partial charge in [-0.25, -0.2) is 9.97 Å². The molecule has 5 heteroatoms. The second-order valence-electron chi connectivity index (χ2n) is 6.60. The van der Waals surface area contributed by atoms with Crippen molar-refractivity contribution in [2.24, 2.45) is 0 Å². The Hall–Kier alpha value is -3.60. The fraction of sp³-hybridized carbons (Fsp3) is 0.130. The number of hydrogen-bond donors (Lipinski definition) is 2. The van der Waals surface area contributed by atoms with Gasteiger partial charge in [-0.2, -0.15) is 0 Å². The van der Waals surface area contributed by atoms with E-state index in [-0.39, 0.29) is 11.8 Å². The Balaban J connectivity index is 1.87. The molecule has 28 heavy (non-hydrogen) atoms. The smallest absolute Gasteiger partial charge is 0.147 e. The number of phenolic OH excluding ortho intramolecular Hbond substituents is 1. The van der Waals surface area contributed by atoms with Gasteiger partial charge in [0.1, 0.15) is 22.8 Å². The number of anilines is 1. The molecule has 0 saturated heterocycles. The highest BCUT2D eigenvalue weighted by Gasteiger charge is 2.21. The van der Waals surface area contributed by atoms with Crippen molar-refractivity contribution >= 4 is 16.7 Å². The number of rotatable bonds is 5. The van der Waals surface area contributed by atoms with Crippen LogP contribution in [0.25, 0.3) is 10.9 Å². The summed E-state index contributed by atoms with van der Waals surface area (Å²) in [5, 5.41) is 15.4. The fourth-order valence-electron chi connectivity index (χ4n) is 3.28. The summed E-state index contributed by atoms with van der Waals surface area (Å²) in [6.45, 7) is 1.91. The normalized spacial score (nSPS) is 11.9. The molecule has 2 N–H and O–H groups in total. The highest BCUT2D eigenvalue weighted by Crippen LogP contribution is 2.37. The van der Waals surface area contributed by atoms with Crippen LogP contribution in [0.4, 0.5) is 5.82 Å². The second-order valence-corrected chi connectivity index (χ2v) is 6.60. The zero-order valence-electron chi connectivity index (χ0n) is 15.8. The molecule has 5 nitrogen and oxygen atoms in total. The lowest BCUT2D eigenvalue weighted by atomic mass is 9.96. The van der Waals surface area contributed by atoms with E-state index in [1.54, 1.807) is 13.3 Å². The summed E-state index contributed by atoms with van der Waals surface area (Å²) in [6.07, 6.45) is 1.73. The van der Waals surface area contributed by atoms with Crippen molar-refractivity contribution in [3.05, 3.63) is 89.7 Å².